The molecule has 0 radical (unpaired) electrons. The van der Waals surface area contributed by atoms with Gasteiger partial charge in [-0.3, -0.25) is 19.6 Å². The summed E-state index contributed by atoms with van der Waals surface area (Å²) in [6.07, 6.45) is 3.86. The molecule has 2 saturated heterocycles. The van der Waals surface area contributed by atoms with Crippen LogP contribution in [0.5, 0.6) is 0 Å². The number of aromatic nitrogens is 2. The van der Waals surface area contributed by atoms with Gasteiger partial charge in [-0.05, 0) is 76.4 Å². The van der Waals surface area contributed by atoms with E-state index < -0.39 is 11.2 Å². The number of anilines is 1. The molecule has 206 valence electrons. The molecule has 1 unspecified atom stereocenters. The second kappa shape index (κ2) is 11.6. The number of piperazine rings is 1. The Morgan fingerprint density at radius 1 is 1.03 bits per heavy atom. The SMILES string of the molecule is CC(N)C1CCN(Cc2ccc(-n3ccc(NC(=O)N4CCN(C(=O)C(C)(C)N)CC4)nc3=O)cc2)CC1. The molecule has 1 atom stereocenters. The molecule has 4 rings (SSSR count). The minimum atomic E-state index is -0.945. The highest BCUT2D eigenvalue weighted by molar-refractivity contribution is 5.89. The lowest BCUT2D eigenvalue weighted by atomic mass is 9.91. The second-order valence-corrected chi connectivity index (χ2v) is 11.0. The lowest BCUT2D eigenvalue weighted by molar-refractivity contribution is -0.137. The van der Waals surface area contributed by atoms with Gasteiger partial charge in [-0.2, -0.15) is 4.98 Å². The van der Waals surface area contributed by atoms with Crippen molar-refractivity contribution < 1.29 is 9.59 Å². The number of rotatable bonds is 6. The molecule has 3 heterocycles. The van der Waals surface area contributed by atoms with Gasteiger partial charge in [-0.15, -0.1) is 0 Å². The Balaban J connectivity index is 1.30. The van der Waals surface area contributed by atoms with E-state index in [0.29, 0.717) is 37.8 Å². The first-order valence-electron chi connectivity index (χ1n) is 13.3. The number of nitrogens with two attached hydrogens (primary N) is 2. The molecule has 0 aliphatic carbocycles. The second-order valence-electron chi connectivity index (χ2n) is 11.0. The molecule has 2 aliphatic heterocycles. The highest BCUT2D eigenvalue weighted by Crippen LogP contribution is 2.21. The van der Waals surface area contributed by atoms with Gasteiger partial charge in [0.05, 0.1) is 11.2 Å². The number of piperidine rings is 1. The molecule has 3 amide bonds. The van der Waals surface area contributed by atoms with Crippen LogP contribution in [0, 0.1) is 5.92 Å². The fourth-order valence-corrected chi connectivity index (χ4v) is 5.03. The number of benzene rings is 1. The molecule has 1 aromatic heterocycles. The van der Waals surface area contributed by atoms with E-state index in [0.717, 1.165) is 32.5 Å². The summed E-state index contributed by atoms with van der Waals surface area (Å²) in [7, 11) is 0. The van der Waals surface area contributed by atoms with Gasteiger partial charge in [0.2, 0.25) is 5.91 Å². The fourth-order valence-electron chi connectivity index (χ4n) is 5.03. The number of hydrogen-bond acceptors (Lipinski definition) is 7. The zero-order valence-electron chi connectivity index (χ0n) is 22.6. The minimum Gasteiger partial charge on any atom is -0.338 e. The zero-order chi connectivity index (χ0) is 27.4. The van der Waals surface area contributed by atoms with Crippen molar-refractivity contribution in [3.63, 3.8) is 0 Å². The number of carbonyl (C=O) groups excluding carboxylic acids is 2. The van der Waals surface area contributed by atoms with Gasteiger partial charge in [-0.25, -0.2) is 9.59 Å². The van der Waals surface area contributed by atoms with E-state index in [1.807, 2.05) is 24.3 Å². The van der Waals surface area contributed by atoms with Crippen molar-refractivity contribution in [1.29, 1.82) is 0 Å². The monoisotopic (exact) mass is 524 g/mol. The van der Waals surface area contributed by atoms with E-state index in [1.165, 1.54) is 10.1 Å². The van der Waals surface area contributed by atoms with Crippen LogP contribution in [-0.2, 0) is 11.3 Å². The minimum absolute atomic E-state index is 0.141. The molecular weight excluding hydrogens is 484 g/mol. The summed E-state index contributed by atoms with van der Waals surface area (Å²) >= 11 is 0. The molecule has 2 aromatic rings. The first kappa shape index (κ1) is 27.7. The van der Waals surface area contributed by atoms with Crippen molar-refractivity contribution >= 4 is 17.8 Å². The van der Waals surface area contributed by atoms with Gasteiger partial charge < -0.3 is 21.3 Å². The summed E-state index contributed by atoms with van der Waals surface area (Å²) in [5.41, 5.74) is 12.4. The van der Waals surface area contributed by atoms with Gasteiger partial charge in [0.15, 0.2) is 0 Å². The topological polar surface area (TPSA) is 143 Å². The molecular formula is C27H40N8O3. The van der Waals surface area contributed by atoms with Crippen LogP contribution >= 0.6 is 0 Å². The molecule has 5 N–H and O–H groups in total. The largest absolute Gasteiger partial charge is 0.354 e. The maximum Gasteiger partial charge on any atom is 0.354 e. The van der Waals surface area contributed by atoms with Crippen molar-refractivity contribution in [3.05, 3.63) is 52.6 Å². The van der Waals surface area contributed by atoms with Crippen LogP contribution in [0.4, 0.5) is 10.6 Å². The van der Waals surface area contributed by atoms with Crippen LogP contribution in [0.25, 0.3) is 5.69 Å². The van der Waals surface area contributed by atoms with Crippen LogP contribution < -0.4 is 22.5 Å². The summed E-state index contributed by atoms with van der Waals surface area (Å²) in [5, 5.41) is 2.69. The predicted octanol–water partition coefficient (Wildman–Crippen LogP) is 1.21. The smallest absolute Gasteiger partial charge is 0.338 e. The Morgan fingerprint density at radius 3 is 2.18 bits per heavy atom. The molecule has 0 bridgehead atoms. The summed E-state index contributed by atoms with van der Waals surface area (Å²) in [5.74, 6) is 0.646. The van der Waals surface area contributed by atoms with Gasteiger partial charge >= 0.3 is 11.7 Å². The van der Waals surface area contributed by atoms with Crippen LogP contribution in [0.3, 0.4) is 0 Å². The summed E-state index contributed by atoms with van der Waals surface area (Å²) in [6.45, 7) is 9.96. The highest BCUT2D eigenvalue weighted by Gasteiger charge is 2.31. The number of nitrogens with zero attached hydrogens (tertiary/aromatic N) is 5. The number of urea groups is 1. The zero-order valence-corrected chi connectivity index (χ0v) is 22.6. The first-order valence-corrected chi connectivity index (χ1v) is 13.3. The molecule has 2 aliphatic rings. The molecule has 38 heavy (non-hydrogen) atoms. The van der Waals surface area contributed by atoms with Crippen molar-refractivity contribution in [2.45, 2.75) is 51.7 Å². The number of carbonyl (C=O) groups is 2. The van der Waals surface area contributed by atoms with Crippen molar-refractivity contribution in [1.82, 2.24) is 24.3 Å². The Labute approximate surface area is 223 Å². The summed E-state index contributed by atoms with van der Waals surface area (Å²) in [6, 6.07) is 9.38. The molecule has 11 nitrogen and oxygen atoms in total. The van der Waals surface area contributed by atoms with Crippen LogP contribution in [0.2, 0.25) is 0 Å². The van der Waals surface area contributed by atoms with Gasteiger partial charge in [-0.1, -0.05) is 12.1 Å². The molecule has 1 aromatic carbocycles. The number of amides is 3. The van der Waals surface area contributed by atoms with E-state index in [2.05, 4.69) is 22.1 Å². The van der Waals surface area contributed by atoms with E-state index in [1.54, 1.807) is 35.9 Å². The lowest BCUT2D eigenvalue weighted by Crippen LogP contribution is -2.58. The fraction of sp³-hybridized carbons (Fsp3) is 0.556. The Hall–Kier alpha value is -3.28. The Bertz CT molecular complexity index is 1170. The van der Waals surface area contributed by atoms with Gasteiger partial charge in [0.1, 0.15) is 5.82 Å². The average Bonchev–Trinajstić information content (AvgIpc) is 2.89. The summed E-state index contributed by atoms with van der Waals surface area (Å²) in [4.78, 5) is 47.5. The average molecular weight is 525 g/mol. The molecule has 0 spiro atoms. The predicted molar refractivity (Wildman–Crippen MR) is 147 cm³/mol. The Kier molecular flexibility index (Phi) is 8.49. The van der Waals surface area contributed by atoms with E-state index >= 15 is 0 Å². The third kappa shape index (κ3) is 6.77. The van der Waals surface area contributed by atoms with Crippen molar-refractivity contribution in [2.24, 2.45) is 17.4 Å². The highest BCUT2D eigenvalue weighted by atomic mass is 16.2. The van der Waals surface area contributed by atoms with Gasteiger partial charge in [0.25, 0.3) is 0 Å². The van der Waals surface area contributed by atoms with E-state index in [9.17, 15) is 14.4 Å². The molecule has 2 fully saturated rings. The Morgan fingerprint density at radius 2 is 1.63 bits per heavy atom. The van der Waals surface area contributed by atoms with Crippen molar-refractivity contribution in [2.75, 3.05) is 44.6 Å². The van der Waals surface area contributed by atoms with E-state index in [4.69, 9.17) is 11.5 Å². The van der Waals surface area contributed by atoms with Crippen LogP contribution in [0.15, 0.2) is 41.3 Å². The lowest BCUT2D eigenvalue weighted by Gasteiger charge is -2.37. The third-order valence-corrected chi connectivity index (χ3v) is 7.44. The third-order valence-electron chi connectivity index (χ3n) is 7.44. The number of nitrogens with one attached hydrogen (secondary N) is 1. The summed E-state index contributed by atoms with van der Waals surface area (Å²) < 4.78 is 1.45. The molecule has 0 saturated carbocycles. The van der Waals surface area contributed by atoms with Crippen LogP contribution in [-0.4, -0.2) is 87.0 Å². The normalized spacial score (nSPS) is 18.3. The number of hydrogen-bond donors (Lipinski definition) is 3. The number of likely N-dealkylation sites (tertiary alicyclic amines) is 1. The van der Waals surface area contributed by atoms with Crippen molar-refractivity contribution in [3.8, 4) is 5.69 Å². The van der Waals surface area contributed by atoms with Crippen LogP contribution in [0.1, 0.15) is 39.2 Å². The standard InChI is InChI=1S/C27H40N8O3/c1-19(28)21-8-11-32(12-9-21)18-20-4-6-22(7-5-20)35-13-10-23(31-26(35)38)30-25(37)34-16-14-33(15-17-34)24(36)27(2,3)29/h4-7,10,13,19,21H,8-9,11-12,14-18,28-29H2,1-3H3,(H,30,31,37,38). The maximum absolute atomic E-state index is 12.7. The first-order chi connectivity index (χ1) is 18.0. The van der Waals surface area contributed by atoms with Gasteiger partial charge in [0, 0.05) is 45.0 Å². The molecule has 11 heteroatoms. The maximum atomic E-state index is 12.7. The quantitative estimate of drug-likeness (QED) is 0.515. The van der Waals surface area contributed by atoms with E-state index in [-0.39, 0.29) is 23.8 Å².